The Bertz CT molecular complexity index is 1150. The number of aromatic nitrogens is 4. The summed E-state index contributed by atoms with van der Waals surface area (Å²) in [7, 11) is 5.20. The van der Waals surface area contributed by atoms with Crippen LogP contribution in [0, 0.1) is 0 Å². The highest BCUT2D eigenvalue weighted by atomic mass is 16.5. The van der Waals surface area contributed by atoms with Crippen LogP contribution in [0.25, 0.3) is 28.1 Å². The number of morpholine rings is 1. The number of hydrogen-bond acceptors (Lipinski definition) is 8. The second-order valence-corrected chi connectivity index (χ2v) is 7.32. The molecule has 9 nitrogen and oxygen atoms in total. The summed E-state index contributed by atoms with van der Waals surface area (Å²) in [5.41, 5.74) is 10.6. The highest BCUT2D eigenvalue weighted by Crippen LogP contribution is 2.36. The molecule has 0 spiro atoms. The third-order valence-corrected chi connectivity index (χ3v) is 5.22. The molecule has 0 atom stereocenters. The van der Waals surface area contributed by atoms with E-state index in [0.717, 1.165) is 16.8 Å². The third kappa shape index (κ3) is 4.33. The van der Waals surface area contributed by atoms with Crippen molar-refractivity contribution < 1.29 is 9.47 Å². The Morgan fingerprint density at radius 3 is 2.62 bits per heavy atom. The van der Waals surface area contributed by atoms with E-state index < -0.39 is 0 Å². The van der Waals surface area contributed by atoms with Crippen molar-refractivity contribution in [3.63, 3.8) is 0 Å². The van der Waals surface area contributed by atoms with Gasteiger partial charge in [-0.25, -0.2) is 9.97 Å². The first kappa shape index (κ1) is 21.5. The van der Waals surface area contributed by atoms with Crippen LogP contribution in [0.1, 0.15) is 5.69 Å². The first-order valence-corrected chi connectivity index (χ1v) is 10.4. The fraction of sp³-hybridized carbons (Fsp3) is 0.304. The Morgan fingerprint density at radius 1 is 1.19 bits per heavy atom. The molecule has 0 saturated carbocycles. The number of rotatable bonds is 6. The molecule has 1 saturated heterocycles. The molecule has 1 aliphatic heterocycles. The van der Waals surface area contributed by atoms with Gasteiger partial charge in [-0.2, -0.15) is 5.10 Å². The lowest BCUT2D eigenvalue weighted by Crippen LogP contribution is -2.37. The van der Waals surface area contributed by atoms with Crippen LogP contribution in [0.2, 0.25) is 0 Å². The van der Waals surface area contributed by atoms with Gasteiger partial charge in [-0.15, -0.1) is 0 Å². The topological polar surface area (TPSA) is 104 Å². The van der Waals surface area contributed by atoms with Gasteiger partial charge >= 0.3 is 0 Å². The first-order valence-electron chi connectivity index (χ1n) is 10.4. The van der Waals surface area contributed by atoms with Crippen LogP contribution < -0.4 is 15.4 Å². The lowest BCUT2D eigenvalue weighted by molar-refractivity contribution is 0.122. The Balaban J connectivity index is 1.90. The SMILES string of the molecule is CN=C/C(=C\N)c1nc(N2CCOCC2)nc(-c2cccc(-c3ccn(C)n3)c2)c1OC. The van der Waals surface area contributed by atoms with Crippen molar-refractivity contribution in [1.29, 1.82) is 0 Å². The fourth-order valence-electron chi connectivity index (χ4n) is 3.65. The average Bonchev–Trinajstić information content (AvgIpc) is 3.28. The molecule has 1 aromatic carbocycles. The Labute approximate surface area is 187 Å². The van der Waals surface area contributed by atoms with E-state index in [4.69, 9.17) is 25.2 Å². The maximum atomic E-state index is 5.92. The van der Waals surface area contributed by atoms with E-state index in [1.807, 2.05) is 37.5 Å². The van der Waals surface area contributed by atoms with E-state index in [2.05, 4.69) is 21.1 Å². The molecule has 9 heteroatoms. The molecular formula is C23H27N7O2. The van der Waals surface area contributed by atoms with Gasteiger partial charge in [0.2, 0.25) is 5.95 Å². The van der Waals surface area contributed by atoms with Crippen LogP contribution in [0.4, 0.5) is 5.95 Å². The number of aliphatic imine (C=N–C) groups is 1. The second kappa shape index (κ2) is 9.61. The largest absolute Gasteiger partial charge is 0.492 e. The molecule has 2 N–H and O–H groups in total. The van der Waals surface area contributed by atoms with Crippen molar-refractivity contribution in [2.45, 2.75) is 0 Å². The Kier molecular flexibility index (Phi) is 6.46. The van der Waals surface area contributed by atoms with Crippen LogP contribution in [-0.2, 0) is 11.8 Å². The van der Waals surface area contributed by atoms with Gasteiger partial charge in [0.05, 0.1) is 26.0 Å². The van der Waals surface area contributed by atoms with Crippen LogP contribution in [0.15, 0.2) is 47.7 Å². The highest BCUT2D eigenvalue weighted by molar-refractivity contribution is 6.10. The van der Waals surface area contributed by atoms with Crippen LogP contribution in [0.3, 0.4) is 0 Å². The average molecular weight is 434 g/mol. The predicted molar refractivity (Wildman–Crippen MR) is 126 cm³/mol. The summed E-state index contributed by atoms with van der Waals surface area (Å²) in [5.74, 6) is 1.14. The maximum Gasteiger partial charge on any atom is 0.226 e. The number of nitrogens with two attached hydrogens (primary N) is 1. The molecule has 2 aromatic heterocycles. The van der Waals surface area contributed by atoms with Gasteiger partial charge in [0, 0.05) is 62.5 Å². The summed E-state index contributed by atoms with van der Waals surface area (Å²) >= 11 is 0. The maximum absolute atomic E-state index is 5.92. The quantitative estimate of drug-likeness (QED) is 0.595. The molecule has 1 aliphatic rings. The summed E-state index contributed by atoms with van der Waals surface area (Å²) in [6.45, 7) is 2.68. The minimum Gasteiger partial charge on any atom is -0.492 e. The van der Waals surface area contributed by atoms with Crippen molar-refractivity contribution in [2.75, 3.05) is 45.4 Å². The summed E-state index contributed by atoms with van der Waals surface area (Å²) in [6.07, 6.45) is 5.07. The number of aryl methyl sites for hydroxylation is 1. The van der Waals surface area contributed by atoms with Gasteiger partial charge in [-0.3, -0.25) is 9.67 Å². The molecule has 1 fully saturated rings. The zero-order chi connectivity index (χ0) is 22.5. The lowest BCUT2D eigenvalue weighted by atomic mass is 10.0. The van der Waals surface area contributed by atoms with E-state index in [1.165, 1.54) is 6.20 Å². The van der Waals surface area contributed by atoms with Gasteiger partial charge in [-0.05, 0) is 12.1 Å². The van der Waals surface area contributed by atoms with Crippen LogP contribution >= 0.6 is 0 Å². The van der Waals surface area contributed by atoms with Gasteiger partial charge in [-0.1, -0.05) is 18.2 Å². The molecule has 0 unspecified atom stereocenters. The van der Waals surface area contributed by atoms with E-state index in [-0.39, 0.29) is 0 Å². The molecule has 0 radical (unpaired) electrons. The Hall–Kier alpha value is -3.72. The summed E-state index contributed by atoms with van der Waals surface area (Å²) < 4.78 is 13.1. The normalized spacial score (nSPS) is 14.8. The summed E-state index contributed by atoms with van der Waals surface area (Å²) in [4.78, 5) is 15.9. The van der Waals surface area contributed by atoms with E-state index in [9.17, 15) is 0 Å². The number of allylic oxidation sites excluding steroid dienone is 1. The predicted octanol–water partition coefficient (Wildman–Crippen LogP) is 2.39. The van der Waals surface area contributed by atoms with Gasteiger partial charge in [0.15, 0.2) is 5.75 Å². The molecule has 0 amide bonds. The zero-order valence-corrected chi connectivity index (χ0v) is 18.5. The van der Waals surface area contributed by atoms with Crippen molar-refractivity contribution in [3.05, 3.63) is 48.4 Å². The molecule has 3 heterocycles. The number of ether oxygens (including phenoxy) is 2. The Morgan fingerprint density at radius 2 is 1.97 bits per heavy atom. The number of benzene rings is 1. The van der Waals surface area contributed by atoms with Gasteiger partial charge in [0.1, 0.15) is 11.4 Å². The van der Waals surface area contributed by atoms with Gasteiger partial charge < -0.3 is 20.1 Å². The summed E-state index contributed by atoms with van der Waals surface area (Å²) in [5, 5.41) is 4.52. The second-order valence-electron chi connectivity index (χ2n) is 7.32. The van der Waals surface area contributed by atoms with Crippen molar-refractivity contribution >= 4 is 17.7 Å². The van der Waals surface area contributed by atoms with Crippen molar-refractivity contribution in [3.8, 4) is 28.3 Å². The molecule has 4 rings (SSSR count). The first-order chi connectivity index (χ1) is 15.6. The monoisotopic (exact) mass is 433 g/mol. The number of nitrogens with zero attached hydrogens (tertiary/aromatic N) is 6. The lowest BCUT2D eigenvalue weighted by Gasteiger charge is -2.28. The van der Waals surface area contributed by atoms with Crippen LogP contribution in [-0.4, -0.2) is 66.4 Å². The van der Waals surface area contributed by atoms with Gasteiger partial charge in [0.25, 0.3) is 0 Å². The van der Waals surface area contributed by atoms with Crippen molar-refractivity contribution in [1.82, 2.24) is 19.7 Å². The molecule has 32 heavy (non-hydrogen) atoms. The molecule has 166 valence electrons. The highest BCUT2D eigenvalue weighted by Gasteiger charge is 2.23. The minimum absolute atomic E-state index is 0.539. The number of anilines is 1. The fourth-order valence-corrected chi connectivity index (χ4v) is 3.65. The van der Waals surface area contributed by atoms with E-state index in [1.54, 1.807) is 25.1 Å². The zero-order valence-electron chi connectivity index (χ0n) is 18.5. The van der Waals surface area contributed by atoms with E-state index >= 15 is 0 Å². The summed E-state index contributed by atoms with van der Waals surface area (Å²) in [6, 6.07) is 10.1. The molecule has 3 aromatic rings. The van der Waals surface area contributed by atoms with Crippen molar-refractivity contribution in [2.24, 2.45) is 17.8 Å². The minimum atomic E-state index is 0.539. The smallest absolute Gasteiger partial charge is 0.226 e. The van der Waals surface area contributed by atoms with Crippen LogP contribution in [0.5, 0.6) is 5.75 Å². The number of hydrogen-bond donors (Lipinski definition) is 1. The standard InChI is InChI=1S/C23H27N7O2/c1-25-15-18(14-24)21-22(31-3)20(26-23(27-21)30-9-11-32-12-10-30)17-6-4-5-16(13-17)19-7-8-29(2)28-19/h4-8,13-15H,9-12,24H2,1-3H3/b18-14+,25-15?. The number of methoxy groups -OCH3 is 1. The third-order valence-electron chi connectivity index (χ3n) is 5.22. The molecular weight excluding hydrogens is 406 g/mol. The molecule has 0 aliphatic carbocycles. The molecule has 0 bridgehead atoms. The van der Waals surface area contributed by atoms with E-state index in [0.29, 0.717) is 55.0 Å².